The van der Waals surface area contributed by atoms with Gasteiger partial charge in [0.1, 0.15) is 11.8 Å². The molecule has 194 valence electrons. The molecule has 0 saturated heterocycles. The molecule has 8 nitrogen and oxygen atoms in total. The Morgan fingerprint density at radius 3 is 2.25 bits per heavy atom. The topological polar surface area (TPSA) is 135 Å². The minimum atomic E-state index is -3.53. The Labute approximate surface area is 214 Å². The second-order valence-corrected chi connectivity index (χ2v) is 9.36. The van der Waals surface area contributed by atoms with E-state index in [0.717, 1.165) is 34.9 Å². The zero-order valence-electron chi connectivity index (χ0n) is 22.0. The molecular weight excluding hydrogens is 476 g/mol. The third kappa shape index (κ3) is 8.04. The lowest BCUT2D eigenvalue weighted by molar-refractivity contribution is -0.114. The molecule has 0 aliphatic heterocycles. The summed E-state index contributed by atoms with van der Waals surface area (Å²) in [5.74, 6) is 0.594. The van der Waals surface area contributed by atoms with E-state index in [-0.39, 0.29) is 16.7 Å². The van der Waals surface area contributed by atoms with Gasteiger partial charge in [0.25, 0.3) is 0 Å². The van der Waals surface area contributed by atoms with Crippen molar-refractivity contribution in [3.63, 3.8) is 0 Å². The predicted molar refractivity (Wildman–Crippen MR) is 145 cm³/mol. The van der Waals surface area contributed by atoms with Crippen LogP contribution in [-0.4, -0.2) is 26.4 Å². The van der Waals surface area contributed by atoms with Crippen LogP contribution in [0.5, 0.6) is 5.75 Å². The lowest BCUT2D eigenvalue weighted by Gasteiger charge is -2.18. The van der Waals surface area contributed by atoms with Gasteiger partial charge in [-0.05, 0) is 48.1 Å². The highest BCUT2D eigenvalue weighted by molar-refractivity contribution is 7.89. The van der Waals surface area contributed by atoms with E-state index >= 15 is 0 Å². The minimum absolute atomic E-state index is 0.139. The van der Waals surface area contributed by atoms with E-state index in [0.29, 0.717) is 17.0 Å². The predicted octanol–water partition coefficient (Wildman–Crippen LogP) is 5.51. The summed E-state index contributed by atoms with van der Waals surface area (Å²) in [7, 11) is -2.00. The largest absolute Gasteiger partial charge is 0.495 e. The summed E-state index contributed by atoms with van der Waals surface area (Å²) in [6.45, 7) is 11.7. The van der Waals surface area contributed by atoms with Crippen molar-refractivity contribution in [2.45, 2.75) is 65.2 Å². The van der Waals surface area contributed by atoms with E-state index in [4.69, 9.17) is 9.88 Å². The number of nitriles is 1. The van der Waals surface area contributed by atoms with Crippen molar-refractivity contribution < 1.29 is 17.9 Å². The van der Waals surface area contributed by atoms with Gasteiger partial charge in [0.15, 0.2) is 0 Å². The highest BCUT2D eigenvalue weighted by atomic mass is 32.2. The number of primary sulfonamides is 1. The number of fused-ring (bicyclic) bond motifs is 1. The SMILES string of the molecule is CC.CCC(C)c1c(NC(C)=O)cnc2cc(OC)c(C#N)cc12.CCc1ccc(S(N)(=O)=O)cc1. The lowest BCUT2D eigenvalue weighted by atomic mass is 9.92. The number of nitrogens with one attached hydrogen (secondary N) is 1. The first kappa shape index (κ1) is 30.6. The zero-order valence-corrected chi connectivity index (χ0v) is 22.9. The molecule has 3 rings (SSSR count). The molecule has 3 N–H and O–H groups in total. The first-order valence-corrected chi connectivity index (χ1v) is 13.4. The molecule has 36 heavy (non-hydrogen) atoms. The molecule has 1 heterocycles. The zero-order chi connectivity index (χ0) is 27.5. The Morgan fingerprint density at radius 2 is 1.81 bits per heavy atom. The third-order valence-corrected chi connectivity index (χ3v) is 6.36. The number of rotatable bonds is 6. The fraction of sp³-hybridized carbons (Fsp3) is 0.370. The molecular formula is C27H36N4O4S. The average Bonchev–Trinajstić information content (AvgIpc) is 2.88. The fourth-order valence-electron chi connectivity index (χ4n) is 3.44. The molecule has 0 spiro atoms. The smallest absolute Gasteiger partial charge is 0.238 e. The number of sulfonamides is 1. The van der Waals surface area contributed by atoms with E-state index in [1.807, 2.05) is 20.8 Å². The number of pyridine rings is 1. The maximum atomic E-state index is 11.4. The van der Waals surface area contributed by atoms with Crippen LogP contribution >= 0.6 is 0 Å². The van der Waals surface area contributed by atoms with Gasteiger partial charge in [-0.15, -0.1) is 0 Å². The molecule has 9 heteroatoms. The maximum Gasteiger partial charge on any atom is 0.238 e. The monoisotopic (exact) mass is 512 g/mol. The number of ether oxygens (including phenoxy) is 1. The molecule has 0 radical (unpaired) electrons. The van der Waals surface area contributed by atoms with E-state index in [2.05, 4.69) is 30.2 Å². The molecule has 1 amide bonds. The van der Waals surface area contributed by atoms with Crippen molar-refractivity contribution in [1.29, 1.82) is 5.26 Å². The second kappa shape index (κ2) is 14.2. The second-order valence-electron chi connectivity index (χ2n) is 7.80. The molecule has 0 aliphatic carbocycles. The van der Waals surface area contributed by atoms with Crippen LogP contribution in [0.3, 0.4) is 0 Å². The molecule has 0 bridgehead atoms. The molecule has 1 aromatic heterocycles. The standard InChI is InChI=1S/C17H19N3O2.C8H11NO2S.C2H6/c1-5-10(2)17-13-6-12(8-18)16(22-4)7-14(13)19-9-15(17)20-11(3)21;1-2-7-3-5-8(6-4-7)12(9,10)11;1-2/h6-7,9-10H,5H2,1-4H3,(H,20,21);3-6H,2H2,1H3,(H2,9,10,11);1-2H3. The van der Waals surface area contributed by atoms with Gasteiger partial charge >= 0.3 is 0 Å². The molecule has 1 unspecified atom stereocenters. The first-order valence-electron chi connectivity index (χ1n) is 11.9. The van der Waals surface area contributed by atoms with Gasteiger partial charge in [-0.3, -0.25) is 9.78 Å². The number of aryl methyl sites for hydroxylation is 1. The van der Waals surface area contributed by atoms with Gasteiger partial charge in [-0.25, -0.2) is 13.6 Å². The van der Waals surface area contributed by atoms with Crippen molar-refractivity contribution in [2.24, 2.45) is 5.14 Å². The van der Waals surface area contributed by atoms with Crippen LogP contribution in [-0.2, 0) is 21.2 Å². The number of benzene rings is 2. The Bertz CT molecular complexity index is 1310. The Hall–Kier alpha value is -3.48. The number of hydrogen-bond acceptors (Lipinski definition) is 6. The number of hydrogen-bond donors (Lipinski definition) is 2. The van der Waals surface area contributed by atoms with Gasteiger partial charge in [0.2, 0.25) is 15.9 Å². The molecule has 0 aliphatic rings. The highest BCUT2D eigenvalue weighted by Gasteiger charge is 2.17. The van der Waals surface area contributed by atoms with Gasteiger partial charge in [-0.2, -0.15) is 5.26 Å². The van der Waals surface area contributed by atoms with Crippen LogP contribution < -0.4 is 15.2 Å². The summed E-state index contributed by atoms with van der Waals surface area (Å²) in [4.78, 5) is 16.0. The summed E-state index contributed by atoms with van der Waals surface area (Å²) in [5, 5.41) is 17.9. The Balaban J connectivity index is 0.000000391. The van der Waals surface area contributed by atoms with Crippen molar-refractivity contribution >= 4 is 32.5 Å². The van der Waals surface area contributed by atoms with E-state index < -0.39 is 10.0 Å². The van der Waals surface area contributed by atoms with Crippen molar-refractivity contribution in [1.82, 2.24) is 4.98 Å². The number of carbonyl (C=O) groups excluding carboxylic acids is 1. The summed E-state index contributed by atoms with van der Waals surface area (Å²) in [5.41, 5.74) is 4.01. The number of nitrogens with two attached hydrogens (primary N) is 1. The van der Waals surface area contributed by atoms with Gasteiger partial charge in [0.05, 0.1) is 35.0 Å². The van der Waals surface area contributed by atoms with Crippen molar-refractivity contribution in [3.8, 4) is 11.8 Å². The van der Waals surface area contributed by atoms with Crippen LogP contribution in [0.15, 0.2) is 47.5 Å². The third-order valence-electron chi connectivity index (χ3n) is 5.43. The number of nitrogens with zero attached hydrogens (tertiary/aromatic N) is 2. The van der Waals surface area contributed by atoms with Crippen molar-refractivity contribution in [3.05, 3.63) is 59.3 Å². The Kier molecular flexibility index (Phi) is 12.0. The van der Waals surface area contributed by atoms with Crippen LogP contribution in [0.25, 0.3) is 10.9 Å². The van der Waals surface area contributed by atoms with Crippen molar-refractivity contribution in [2.75, 3.05) is 12.4 Å². The number of methoxy groups -OCH3 is 1. The molecule has 0 fully saturated rings. The maximum absolute atomic E-state index is 11.4. The molecule has 3 aromatic rings. The fourth-order valence-corrected chi connectivity index (χ4v) is 3.95. The van der Waals surface area contributed by atoms with Gasteiger partial charge in [0, 0.05) is 18.4 Å². The normalized spacial score (nSPS) is 11.2. The van der Waals surface area contributed by atoms with Crippen LogP contribution in [0, 0.1) is 11.3 Å². The number of amides is 1. The molecule has 2 aromatic carbocycles. The van der Waals surface area contributed by atoms with Gasteiger partial charge in [-0.1, -0.05) is 46.8 Å². The summed E-state index contributed by atoms with van der Waals surface area (Å²) < 4.78 is 26.9. The summed E-state index contributed by atoms with van der Waals surface area (Å²) in [6.07, 6.45) is 3.47. The van der Waals surface area contributed by atoms with Crippen LogP contribution in [0.4, 0.5) is 5.69 Å². The van der Waals surface area contributed by atoms with E-state index in [1.165, 1.54) is 26.2 Å². The number of aromatic nitrogens is 1. The van der Waals surface area contributed by atoms with Crippen LogP contribution in [0.2, 0.25) is 0 Å². The summed E-state index contributed by atoms with van der Waals surface area (Å²) in [6, 6.07) is 12.3. The van der Waals surface area contributed by atoms with E-state index in [1.54, 1.807) is 30.5 Å². The molecule has 1 atom stereocenters. The Morgan fingerprint density at radius 1 is 1.19 bits per heavy atom. The summed E-state index contributed by atoms with van der Waals surface area (Å²) >= 11 is 0. The number of carbonyl (C=O) groups is 1. The minimum Gasteiger partial charge on any atom is -0.495 e. The highest BCUT2D eigenvalue weighted by Crippen LogP contribution is 2.35. The number of anilines is 1. The molecule has 0 saturated carbocycles. The first-order chi connectivity index (χ1) is 17.0. The van der Waals surface area contributed by atoms with Crippen LogP contribution in [0.1, 0.15) is 70.6 Å². The van der Waals surface area contributed by atoms with Gasteiger partial charge < -0.3 is 10.1 Å². The quantitative estimate of drug-likeness (QED) is 0.447. The van der Waals surface area contributed by atoms with E-state index in [9.17, 15) is 18.5 Å². The lowest BCUT2D eigenvalue weighted by Crippen LogP contribution is -2.11. The average molecular weight is 513 g/mol.